The van der Waals surface area contributed by atoms with Gasteiger partial charge in [-0.25, -0.2) is 8.42 Å². The second-order valence-electron chi connectivity index (χ2n) is 6.21. The molecule has 2 saturated heterocycles. The molecule has 22 heavy (non-hydrogen) atoms. The molecule has 0 aliphatic carbocycles. The van der Waals surface area contributed by atoms with E-state index in [2.05, 4.69) is 0 Å². The Hall–Kier alpha value is -1.11. The van der Waals surface area contributed by atoms with E-state index in [0.29, 0.717) is 13.0 Å². The molecule has 0 spiro atoms. The van der Waals surface area contributed by atoms with Crippen molar-refractivity contribution in [2.24, 2.45) is 0 Å². The maximum absolute atomic E-state index is 12.4. The van der Waals surface area contributed by atoms with Gasteiger partial charge in [0.2, 0.25) is 11.8 Å². The van der Waals surface area contributed by atoms with Crippen molar-refractivity contribution in [1.82, 2.24) is 9.80 Å². The van der Waals surface area contributed by atoms with Crippen molar-refractivity contribution in [3.63, 3.8) is 0 Å². The van der Waals surface area contributed by atoms with Crippen LogP contribution in [0.2, 0.25) is 0 Å². The second-order valence-corrected chi connectivity index (χ2v) is 8.44. The van der Waals surface area contributed by atoms with Gasteiger partial charge >= 0.3 is 0 Å². The van der Waals surface area contributed by atoms with Crippen LogP contribution in [0.1, 0.15) is 45.4 Å². The number of likely N-dealkylation sites (tertiary alicyclic amines) is 1. The van der Waals surface area contributed by atoms with Crippen molar-refractivity contribution in [2.45, 2.75) is 51.5 Å². The lowest BCUT2D eigenvalue weighted by Gasteiger charge is -2.28. The maximum atomic E-state index is 12.4. The number of carbonyl (C=O) groups is 2. The monoisotopic (exact) mass is 330 g/mol. The Morgan fingerprint density at radius 2 is 1.77 bits per heavy atom. The van der Waals surface area contributed by atoms with Crippen LogP contribution in [0.4, 0.5) is 0 Å². The van der Waals surface area contributed by atoms with E-state index < -0.39 is 9.84 Å². The van der Waals surface area contributed by atoms with Crippen molar-refractivity contribution < 1.29 is 18.0 Å². The van der Waals surface area contributed by atoms with E-state index in [1.165, 1.54) is 0 Å². The molecule has 2 fully saturated rings. The minimum absolute atomic E-state index is 0.0322. The number of rotatable bonds is 4. The molecular formula is C15H26N2O4S. The number of hydrogen-bond donors (Lipinski definition) is 0. The average molecular weight is 330 g/mol. The molecule has 2 aliphatic rings. The Bertz CT molecular complexity index is 510. The predicted octanol–water partition coefficient (Wildman–Crippen LogP) is 0.815. The van der Waals surface area contributed by atoms with Gasteiger partial charge in [0.15, 0.2) is 9.84 Å². The number of nitrogens with zero attached hydrogens (tertiary/aromatic N) is 2. The first-order valence-corrected chi connectivity index (χ1v) is 10.0. The van der Waals surface area contributed by atoms with Crippen molar-refractivity contribution >= 4 is 21.7 Å². The van der Waals surface area contributed by atoms with E-state index in [-0.39, 0.29) is 35.8 Å². The van der Waals surface area contributed by atoms with Crippen LogP contribution in [0.15, 0.2) is 0 Å². The summed E-state index contributed by atoms with van der Waals surface area (Å²) in [5.74, 6) is -0.184. The molecule has 2 rings (SSSR count). The molecule has 1 unspecified atom stereocenters. The van der Waals surface area contributed by atoms with Crippen molar-refractivity contribution in [3.05, 3.63) is 0 Å². The summed E-state index contributed by atoms with van der Waals surface area (Å²) in [5, 5.41) is 0. The summed E-state index contributed by atoms with van der Waals surface area (Å²) in [7, 11) is -3.03. The van der Waals surface area contributed by atoms with Gasteiger partial charge in [0.1, 0.15) is 6.42 Å². The van der Waals surface area contributed by atoms with Gasteiger partial charge in [-0.2, -0.15) is 0 Å². The van der Waals surface area contributed by atoms with Crippen LogP contribution in [0, 0.1) is 0 Å². The molecular weight excluding hydrogens is 304 g/mol. The average Bonchev–Trinajstić information content (AvgIpc) is 2.68. The Labute approximate surface area is 132 Å². The lowest BCUT2D eigenvalue weighted by atomic mass is 10.2. The lowest BCUT2D eigenvalue weighted by molar-refractivity contribution is -0.141. The van der Waals surface area contributed by atoms with Crippen molar-refractivity contribution in [3.8, 4) is 0 Å². The first kappa shape index (κ1) is 17.2. The minimum Gasteiger partial charge on any atom is -0.342 e. The van der Waals surface area contributed by atoms with Crippen LogP contribution in [-0.4, -0.2) is 67.2 Å². The number of amides is 2. The minimum atomic E-state index is -3.03. The van der Waals surface area contributed by atoms with E-state index in [1.807, 2.05) is 6.92 Å². The molecule has 0 N–H and O–H groups in total. The fourth-order valence-corrected chi connectivity index (χ4v) is 5.05. The smallest absolute Gasteiger partial charge is 0.232 e. The third kappa shape index (κ3) is 4.44. The molecule has 126 valence electrons. The Morgan fingerprint density at radius 3 is 2.27 bits per heavy atom. The summed E-state index contributed by atoms with van der Waals surface area (Å²) < 4.78 is 23.2. The van der Waals surface area contributed by atoms with Gasteiger partial charge in [0.25, 0.3) is 0 Å². The van der Waals surface area contributed by atoms with Gasteiger partial charge in [0, 0.05) is 25.7 Å². The zero-order valence-corrected chi connectivity index (χ0v) is 14.1. The van der Waals surface area contributed by atoms with E-state index in [9.17, 15) is 18.0 Å². The standard InChI is InChI=1S/C15H26N2O4S/c1-2-17(13-7-10-22(20,21)12-13)15(19)11-14(18)16-8-5-3-4-6-9-16/h13H,2-12H2,1H3. The van der Waals surface area contributed by atoms with Gasteiger partial charge in [-0.15, -0.1) is 0 Å². The fourth-order valence-electron chi connectivity index (χ4n) is 3.32. The summed E-state index contributed by atoms with van der Waals surface area (Å²) in [4.78, 5) is 28.0. The van der Waals surface area contributed by atoms with Gasteiger partial charge in [0.05, 0.1) is 11.5 Å². The Balaban J connectivity index is 1.92. The Morgan fingerprint density at radius 1 is 1.14 bits per heavy atom. The van der Waals surface area contributed by atoms with E-state index >= 15 is 0 Å². The van der Waals surface area contributed by atoms with Gasteiger partial charge in [-0.3, -0.25) is 9.59 Å². The number of hydrogen-bond acceptors (Lipinski definition) is 4. The summed E-state index contributed by atoms with van der Waals surface area (Å²) >= 11 is 0. The summed E-state index contributed by atoms with van der Waals surface area (Å²) in [6.45, 7) is 3.75. The highest BCUT2D eigenvalue weighted by atomic mass is 32.2. The molecule has 1 atom stereocenters. The Kier molecular flexibility index (Phi) is 5.83. The van der Waals surface area contributed by atoms with Crippen molar-refractivity contribution in [2.75, 3.05) is 31.1 Å². The van der Waals surface area contributed by atoms with Crippen LogP contribution in [0.25, 0.3) is 0 Å². The number of sulfone groups is 1. The summed E-state index contributed by atoms with van der Waals surface area (Å²) in [6.07, 6.45) is 4.62. The van der Waals surface area contributed by atoms with Crippen LogP contribution in [0.3, 0.4) is 0 Å². The molecule has 0 aromatic heterocycles. The molecule has 0 saturated carbocycles. The highest BCUT2D eigenvalue weighted by Crippen LogP contribution is 2.19. The summed E-state index contributed by atoms with van der Waals surface area (Å²) in [5.41, 5.74) is 0. The van der Waals surface area contributed by atoms with Crippen molar-refractivity contribution in [1.29, 1.82) is 0 Å². The third-order valence-corrected chi connectivity index (χ3v) is 6.32. The fraction of sp³-hybridized carbons (Fsp3) is 0.867. The van der Waals surface area contributed by atoms with Gasteiger partial charge in [-0.1, -0.05) is 12.8 Å². The third-order valence-electron chi connectivity index (χ3n) is 4.57. The molecule has 0 bridgehead atoms. The molecule has 2 amide bonds. The molecule has 7 heteroatoms. The zero-order chi connectivity index (χ0) is 16.2. The summed E-state index contributed by atoms with van der Waals surface area (Å²) in [6, 6.07) is -0.264. The van der Waals surface area contributed by atoms with Crippen LogP contribution < -0.4 is 0 Å². The molecule has 0 aromatic carbocycles. The normalized spacial score (nSPS) is 24.8. The topological polar surface area (TPSA) is 74.8 Å². The quantitative estimate of drug-likeness (QED) is 0.715. The van der Waals surface area contributed by atoms with E-state index in [4.69, 9.17) is 0 Å². The predicted molar refractivity (Wildman–Crippen MR) is 84.1 cm³/mol. The SMILES string of the molecule is CCN(C(=O)CC(=O)N1CCCCCC1)C1CCS(=O)(=O)C1. The van der Waals surface area contributed by atoms with E-state index in [1.54, 1.807) is 9.80 Å². The zero-order valence-electron chi connectivity index (χ0n) is 13.3. The first-order chi connectivity index (χ1) is 10.4. The van der Waals surface area contributed by atoms with Gasteiger partial charge < -0.3 is 9.80 Å². The molecule has 0 aromatic rings. The molecule has 2 aliphatic heterocycles. The second kappa shape index (κ2) is 7.44. The highest BCUT2D eigenvalue weighted by Gasteiger charge is 2.34. The maximum Gasteiger partial charge on any atom is 0.232 e. The lowest BCUT2D eigenvalue weighted by Crippen LogP contribution is -2.44. The first-order valence-electron chi connectivity index (χ1n) is 8.20. The van der Waals surface area contributed by atoms with Gasteiger partial charge in [-0.05, 0) is 26.2 Å². The highest BCUT2D eigenvalue weighted by molar-refractivity contribution is 7.91. The molecule has 6 nitrogen and oxygen atoms in total. The molecule has 2 heterocycles. The largest absolute Gasteiger partial charge is 0.342 e. The van der Waals surface area contributed by atoms with Crippen LogP contribution >= 0.6 is 0 Å². The van der Waals surface area contributed by atoms with E-state index in [0.717, 1.165) is 38.8 Å². The number of carbonyl (C=O) groups excluding carboxylic acids is 2. The van der Waals surface area contributed by atoms with Crippen LogP contribution in [0.5, 0.6) is 0 Å². The molecule has 0 radical (unpaired) electrons. The van der Waals surface area contributed by atoms with Crippen LogP contribution in [-0.2, 0) is 19.4 Å².